The summed E-state index contributed by atoms with van der Waals surface area (Å²) in [6.07, 6.45) is 3.48. The molecule has 1 aliphatic heterocycles. The van der Waals surface area contributed by atoms with Crippen LogP contribution in [0.1, 0.15) is 34.8 Å². The number of hydrogen-bond donors (Lipinski definition) is 2. The number of para-hydroxylation sites is 2. The maximum atomic E-state index is 13.1. The van der Waals surface area contributed by atoms with E-state index >= 15 is 0 Å². The fourth-order valence-corrected chi connectivity index (χ4v) is 3.99. The number of amides is 1. The quantitative estimate of drug-likeness (QED) is 0.638. The lowest BCUT2D eigenvalue weighted by molar-refractivity contribution is 0.102. The van der Waals surface area contributed by atoms with E-state index in [2.05, 4.69) is 15.7 Å². The van der Waals surface area contributed by atoms with Crippen LogP contribution in [-0.2, 0) is 0 Å². The molecule has 1 aliphatic rings. The topological polar surface area (TPSA) is 59.0 Å². The SMILES string of the molecule is O=C(Nc1ccccc1Cl)c1cnn(-c2ccccc2Cl)c1C1CCNCC1. The molecule has 4 rings (SSSR count). The molecule has 0 bridgehead atoms. The van der Waals surface area contributed by atoms with Crippen LogP contribution in [0, 0.1) is 0 Å². The monoisotopic (exact) mass is 414 g/mol. The van der Waals surface area contributed by atoms with Gasteiger partial charge in [-0.2, -0.15) is 5.10 Å². The van der Waals surface area contributed by atoms with E-state index < -0.39 is 0 Å². The summed E-state index contributed by atoms with van der Waals surface area (Å²) in [4.78, 5) is 13.1. The van der Waals surface area contributed by atoms with Gasteiger partial charge < -0.3 is 10.6 Å². The van der Waals surface area contributed by atoms with E-state index in [1.807, 2.05) is 36.4 Å². The maximum absolute atomic E-state index is 13.1. The summed E-state index contributed by atoms with van der Waals surface area (Å²) in [6, 6.07) is 14.7. The minimum atomic E-state index is -0.222. The molecular formula is C21H20Cl2N4O. The number of anilines is 1. The summed E-state index contributed by atoms with van der Waals surface area (Å²) < 4.78 is 1.81. The highest BCUT2D eigenvalue weighted by Gasteiger charge is 2.27. The van der Waals surface area contributed by atoms with Crippen LogP contribution >= 0.6 is 23.2 Å². The number of carbonyl (C=O) groups excluding carboxylic acids is 1. The zero-order valence-corrected chi connectivity index (χ0v) is 16.7. The van der Waals surface area contributed by atoms with Crippen molar-refractivity contribution < 1.29 is 4.79 Å². The number of carbonyl (C=O) groups is 1. The van der Waals surface area contributed by atoms with Crippen molar-refractivity contribution in [2.75, 3.05) is 18.4 Å². The first-order valence-electron chi connectivity index (χ1n) is 9.24. The summed E-state index contributed by atoms with van der Waals surface area (Å²) >= 11 is 12.6. The van der Waals surface area contributed by atoms with Crippen LogP contribution in [0.15, 0.2) is 54.7 Å². The average Bonchev–Trinajstić information content (AvgIpc) is 3.16. The van der Waals surface area contributed by atoms with Gasteiger partial charge in [-0.1, -0.05) is 47.5 Å². The molecule has 0 spiro atoms. The highest BCUT2D eigenvalue weighted by molar-refractivity contribution is 6.34. The van der Waals surface area contributed by atoms with Gasteiger partial charge in [0.25, 0.3) is 5.91 Å². The van der Waals surface area contributed by atoms with Gasteiger partial charge in [-0.15, -0.1) is 0 Å². The van der Waals surface area contributed by atoms with Crippen molar-refractivity contribution in [1.29, 1.82) is 0 Å². The highest BCUT2D eigenvalue weighted by atomic mass is 35.5. The average molecular weight is 415 g/mol. The molecule has 2 aromatic carbocycles. The molecule has 1 saturated heterocycles. The van der Waals surface area contributed by atoms with Crippen molar-refractivity contribution in [2.24, 2.45) is 0 Å². The second-order valence-corrected chi connectivity index (χ2v) is 7.58. The van der Waals surface area contributed by atoms with Gasteiger partial charge >= 0.3 is 0 Å². The van der Waals surface area contributed by atoms with E-state index in [0.717, 1.165) is 37.3 Å². The largest absolute Gasteiger partial charge is 0.321 e. The summed E-state index contributed by atoms with van der Waals surface area (Å²) in [5.41, 5.74) is 2.79. The Morgan fingerprint density at radius 2 is 1.71 bits per heavy atom. The molecule has 28 heavy (non-hydrogen) atoms. The molecule has 144 valence electrons. The summed E-state index contributed by atoms with van der Waals surface area (Å²) in [5, 5.41) is 11.9. The van der Waals surface area contributed by atoms with Crippen molar-refractivity contribution in [3.63, 3.8) is 0 Å². The third-order valence-electron chi connectivity index (χ3n) is 4.98. The number of aromatic nitrogens is 2. The van der Waals surface area contributed by atoms with Crippen LogP contribution < -0.4 is 10.6 Å². The summed E-state index contributed by atoms with van der Waals surface area (Å²) in [7, 11) is 0. The van der Waals surface area contributed by atoms with E-state index in [0.29, 0.717) is 21.3 Å². The van der Waals surface area contributed by atoms with E-state index in [-0.39, 0.29) is 11.8 Å². The van der Waals surface area contributed by atoms with E-state index in [9.17, 15) is 4.79 Å². The van der Waals surface area contributed by atoms with Crippen molar-refractivity contribution in [2.45, 2.75) is 18.8 Å². The van der Waals surface area contributed by atoms with Crippen molar-refractivity contribution in [3.8, 4) is 5.69 Å². The Kier molecular flexibility index (Phi) is 5.67. The molecule has 2 heterocycles. The Morgan fingerprint density at radius 3 is 2.43 bits per heavy atom. The lowest BCUT2D eigenvalue weighted by atomic mass is 9.91. The highest BCUT2D eigenvalue weighted by Crippen LogP contribution is 2.33. The van der Waals surface area contributed by atoms with E-state index in [4.69, 9.17) is 23.2 Å². The molecule has 1 aromatic heterocycles. The fraction of sp³-hybridized carbons (Fsp3) is 0.238. The molecule has 1 fully saturated rings. The van der Waals surface area contributed by atoms with E-state index in [1.165, 1.54) is 0 Å². The van der Waals surface area contributed by atoms with Crippen LogP contribution in [0.2, 0.25) is 10.0 Å². The molecule has 0 radical (unpaired) electrons. The fourth-order valence-electron chi connectivity index (χ4n) is 3.59. The Labute approximate surface area is 173 Å². The third-order valence-corrected chi connectivity index (χ3v) is 5.63. The number of hydrogen-bond acceptors (Lipinski definition) is 3. The first kappa shape index (κ1) is 19.0. The Balaban J connectivity index is 1.76. The number of halogens is 2. The third kappa shape index (κ3) is 3.78. The Bertz CT molecular complexity index is 996. The van der Waals surface area contributed by atoms with Crippen LogP contribution in [0.4, 0.5) is 5.69 Å². The number of nitrogens with zero attached hydrogens (tertiary/aromatic N) is 2. The molecule has 2 N–H and O–H groups in total. The van der Waals surface area contributed by atoms with Gasteiger partial charge in [0.2, 0.25) is 0 Å². The Morgan fingerprint density at radius 1 is 1.04 bits per heavy atom. The Hall–Kier alpha value is -2.34. The molecule has 0 saturated carbocycles. The van der Waals surface area contributed by atoms with Gasteiger partial charge in [-0.25, -0.2) is 4.68 Å². The normalized spacial score (nSPS) is 14.8. The number of nitrogens with one attached hydrogen (secondary N) is 2. The molecule has 0 atom stereocenters. The van der Waals surface area contributed by atoms with Gasteiger partial charge in [-0.3, -0.25) is 4.79 Å². The minimum absolute atomic E-state index is 0.215. The van der Waals surface area contributed by atoms with Crippen molar-refractivity contribution in [3.05, 3.63) is 76.0 Å². The lowest BCUT2D eigenvalue weighted by Gasteiger charge is -2.25. The predicted octanol–water partition coefficient (Wildman–Crippen LogP) is 4.90. The van der Waals surface area contributed by atoms with Crippen LogP contribution in [0.25, 0.3) is 5.69 Å². The first-order chi connectivity index (χ1) is 13.6. The van der Waals surface area contributed by atoms with Crippen LogP contribution in [-0.4, -0.2) is 28.8 Å². The smallest absolute Gasteiger partial charge is 0.259 e. The van der Waals surface area contributed by atoms with Gasteiger partial charge in [0.05, 0.1) is 38.9 Å². The minimum Gasteiger partial charge on any atom is -0.321 e. The number of piperidine rings is 1. The summed E-state index contributed by atoms with van der Waals surface area (Å²) in [6.45, 7) is 1.81. The van der Waals surface area contributed by atoms with Gasteiger partial charge in [-0.05, 0) is 50.2 Å². The second-order valence-electron chi connectivity index (χ2n) is 6.76. The van der Waals surface area contributed by atoms with E-state index in [1.54, 1.807) is 23.0 Å². The predicted molar refractivity (Wildman–Crippen MR) is 113 cm³/mol. The second kappa shape index (κ2) is 8.35. The van der Waals surface area contributed by atoms with Gasteiger partial charge in [0.1, 0.15) is 0 Å². The van der Waals surface area contributed by atoms with Crippen molar-refractivity contribution >= 4 is 34.8 Å². The molecule has 3 aromatic rings. The van der Waals surface area contributed by atoms with Crippen LogP contribution in [0.3, 0.4) is 0 Å². The van der Waals surface area contributed by atoms with Crippen LogP contribution in [0.5, 0.6) is 0 Å². The van der Waals surface area contributed by atoms with Gasteiger partial charge in [0, 0.05) is 5.92 Å². The van der Waals surface area contributed by atoms with Crippen molar-refractivity contribution in [1.82, 2.24) is 15.1 Å². The molecule has 5 nitrogen and oxygen atoms in total. The first-order valence-corrected chi connectivity index (χ1v) is 10.00. The molecule has 7 heteroatoms. The molecule has 0 unspecified atom stereocenters. The number of benzene rings is 2. The zero-order valence-electron chi connectivity index (χ0n) is 15.2. The standard InChI is InChI=1S/C21H20Cl2N4O/c22-16-5-1-3-7-18(16)26-21(28)15-13-25-27(19-8-4-2-6-17(19)23)20(15)14-9-11-24-12-10-14/h1-8,13-14,24H,9-12H2,(H,26,28). The zero-order chi connectivity index (χ0) is 19.5. The molecule has 0 aliphatic carbocycles. The lowest BCUT2D eigenvalue weighted by Crippen LogP contribution is -2.29. The molecule has 1 amide bonds. The van der Waals surface area contributed by atoms with Gasteiger partial charge in [0.15, 0.2) is 0 Å². The summed E-state index contributed by atoms with van der Waals surface area (Å²) in [5.74, 6) is -0.00745. The maximum Gasteiger partial charge on any atom is 0.259 e. The molecular weight excluding hydrogens is 395 g/mol. The number of rotatable bonds is 4.